The third-order valence-corrected chi connectivity index (χ3v) is 9.26. The van der Waals surface area contributed by atoms with Crippen molar-refractivity contribution in [3.63, 3.8) is 0 Å². The molecule has 10 heteroatoms. The maximum absolute atomic E-state index is 14.4. The number of carbonyl (C=O) groups is 2. The molecule has 0 heterocycles. The van der Waals surface area contributed by atoms with Crippen LogP contribution in [0.4, 0.5) is 10.1 Å². The molecule has 4 aromatic rings. The Hall–Kier alpha value is -4.02. The van der Waals surface area contributed by atoms with Gasteiger partial charge < -0.3 is 10.2 Å². The van der Waals surface area contributed by atoms with Gasteiger partial charge in [0.25, 0.3) is 10.0 Å². The van der Waals surface area contributed by atoms with Gasteiger partial charge in [0.2, 0.25) is 11.8 Å². The number of amides is 2. The Kier molecular flexibility index (Phi) is 11.3. The van der Waals surface area contributed by atoms with E-state index in [9.17, 15) is 22.4 Å². The minimum atomic E-state index is -4.18. The second-order valence-corrected chi connectivity index (χ2v) is 13.6. The highest BCUT2D eigenvalue weighted by molar-refractivity contribution is 9.10. The quantitative estimate of drug-likeness (QED) is 0.182. The molecule has 0 saturated heterocycles. The summed E-state index contributed by atoms with van der Waals surface area (Å²) in [6.07, 6.45) is 0.196. The molecular formula is C34H35BrFN3O4S. The van der Waals surface area contributed by atoms with Gasteiger partial charge in [-0.1, -0.05) is 90.4 Å². The molecule has 1 unspecified atom stereocenters. The second-order valence-electron chi connectivity index (χ2n) is 10.8. The molecule has 2 amide bonds. The lowest BCUT2D eigenvalue weighted by Gasteiger charge is -2.34. The molecule has 4 aromatic carbocycles. The van der Waals surface area contributed by atoms with Gasteiger partial charge in [-0.05, 0) is 65.6 Å². The van der Waals surface area contributed by atoms with E-state index in [1.54, 1.807) is 54.6 Å². The van der Waals surface area contributed by atoms with Crippen LogP contribution < -0.4 is 9.62 Å². The highest BCUT2D eigenvalue weighted by Crippen LogP contribution is 2.26. The number of anilines is 1. The minimum absolute atomic E-state index is 0.0244. The van der Waals surface area contributed by atoms with Crippen LogP contribution in [-0.2, 0) is 32.6 Å². The van der Waals surface area contributed by atoms with E-state index in [2.05, 4.69) is 21.2 Å². The third kappa shape index (κ3) is 8.76. The zero-order valence-corrected chi connectivity index (χ0v) is 27.0. The third-order valence-electron chi connectivity index (χ3n) is 6.95. The van der Waals surface area contributed by atoms with E-state index < -0.39 is 34.3 Å². The number of rotatable bonds is 13. The SMILES string of the molecule is CC(C)CNC(=O)C(Cc1ccccc1)N(Cc1ccc(F)cc1)C(=O)CN(c1ccc(Br)cc1)S(=O)(=O)c1ccccc1. The monoisotopic (exact) mass is 679 g/mol. The molecular weight excluding hydrogens is 645 g/mol. The fourth-order valence-corrected chi connectivity index (χ4v) is 6.32. The minimum Gasteiger partial charge on any atom is -0.354 e. The summed E-state index contributed by atoms with van der Waals surface area (Å²) in [6, 6.07) is 28.5. The number of benzene rings is 4. The van der Waals surface area contributed by atoms with Crippen LogP contribution in [0.5, 0.6) is 0 Å². The second kappa shape index (κ2) is 15.1. The number of sulfonamides is 1. The number of carbonyl (C=O) groups excluding carboxylic acids is 2. The molecule has 7 nitrogen and oxygen atoms in total. The van der Waals surface area contributed by atoms with Crippen molar-refractivity contribution >= 4 is 43.5 Å². The van der Waals surface area contributed by atoms with Crippen molar-refractivity contribution < 1.29 is 22.4 Å². The predicted octanol–water partition coefficient (Wildman–Crippen LogP) is 6.20. The summed E-state index contributed by atoms with van der Waals surface area (Å²) in [4.78, 5) is 29.5. The zero-order chi connectivity index (χ0) is 31.7. The average Bonchev–Trinajstić information content (AvgIpc) is 3.02. The van der Waals surface area contributed by atoms with Gasteiger partial charge in [0.15, 0.2) is 0 Å². The summed E-state index contributed by atoms with van der Waals surface area (Å²) in [7, 11) is -4.18. The molecule has 0 radical (unpaired) electrons. The van der Waals surface area contributed by atoms with Gasteiger partial charge in [0.05, 0.1) is 10.6 Å². The van der Waals surface area contributed by atoms with E-state index in [1.807, 2.05) is 44.2 Å². The van der Waals surface area contributed by atoms with E-state index in [-0.39, 0.29) is 35.4 Å². The Labute approximate surface area is 266 Å². The topological polar surface area (TPSA) is 86.8 Å². The van der Waals surface area contributed by atoms with Gasteiger partial charge in [0, 0.05) is 24.0 Å². The largest absolute Gasteiger partial charge is 0.354 e. The van der Waals surface area contributed by atoms with Crippen molar-refractivity contribution in [3.8, 4) is 0 Å². The van der Waals surface area contributed by atoms with Crippen LogP contribution in [0, 0.1) is 11.7 Å². The molecule has 1 N–H and O–H groups in total. The van der Waals surface area contributed by atoms with E-state index in [0.29, 0.717) is 12.1 Å². The van der Waals surface area contributed by atoms with Gasteiger partial charge in [-0.3, -0.25) is 13.9 Å². The molecule has 0 spiro atoms. The van der Waals surface area contributed by atoms with Crippen LogP contribution in [0.3, 0.4) is 0 Å². The average molecular weight is 681 g/mol. The number of hydrogen-bond acceptors (Lipinski definition) is 4. The van der Waals surface area contributed by atoms with Crippen LogP contribution in [0.15, 0.2) is 119 Å². The molecule has 0 aliphatic heterocycles. The van der Waals surface area contributed by atoms with Gasteiger partial charge >= 0.3 is 0 Å². The lowest BCUT2D eigenvalue weighted by atomic mass is 10.0. The first-order valence-electron chi connectivity index (χ1n) is 14.2. The normalized spacial score (nSPS) is 12.0. The van der Waals surface area contributed by atoms with Crippen LogP contribution in [0.2, 0.25) is 0 Å². The number of hydrogen-bond donors (Lipinski definition) is 1. The fourth-order valence-electron chi connectivity index (χ4n) is 4.62. The van der Waals surface area contributed by atoms with Crippen LogP contribution in [0.25, 0.3) is 0 Å². The maximum atomic E-state index is 14.4. The highest BCUT2D eigenvalue weighted by Gasteiger charge is 2.34. The molecule has 1 atom stereocenters. The lowest BCUT2D eigenvalue weighted by Crippen LogP contribution is -2.53. The summed E-state index contributed by atoms with van der Waals surface area (Å²) < 4.78 is 43.5. The molecule has 0 saturated carbocycles. The molecule has 0 aliphatic rings. The summed E-state index contributed by atoms with van der Waals surface area (Å²) >= 11 is 3.38. The van der Waals surface area contributed by atoms with E-state index >= 15 is 0 Å². The van der Waals surface area contributed by atoms with Gasteiger partial charge in [-0.15, -0.1) is 0 Å². The van der Waals surface area contributed by atoms with Crippen molar-refractivity contribution in [2.24, 2.45) is 5.92 Å². The Morgan fingerprint density at radius 3 is 2.00 bits per heavy atom. The number of nitrogens with one attached hydrogen (secondary N) is 1. The van der Waals surface area contributed by atoms with Crippen molar-refractivity contribution in [2.45, 2.75) is 37.8 Å². The maximum Gasteiger partial charge on any atom is 0.264 e. The molecule has 4 rings (SSSR count). The smallest absolute Gasteiger partial charge is 0.264 e. The van der Waals surface area contributed by atoms with Crippen molar-refractivity contribution in [3.05, 3.63) is 131 Å². The van der Waals surface area contributed by atoms with Crippen molar-refractivity contribution in [2.75, 3.05) is 17.4 Å². The predicted molar refractivity (Wildman–Crippen MR) is 174 cm³/mol. The Morgan fingerprint density at radius 2 is 1.41 bits per heavy atom. The molecule has 44 heavy (non-hydrogen) atoms. The summed E-state index contributed by atoms with van der Waals surface area (Å²) in [6.45, 7) is 3.74. The van der Waals surface area contributed by atoms with Crippen molar-refractivity contribution in [1.82, 2.24) is 10.2 Å². The van der Waals surface area contributed by atoms with Gasteiger partial charge in [-0.25, -0.2) is 12.8 Å². The molecule has 0 aromatic heterocycles. The van der Waals surface area contributed by atoms with Crippen LogP contribution in [-0.4, -0.2) is 44.3 Å². The van der Waals surface area contributed by atoms with Crippen LogP contribution >= 0.6 is 15.9 Å². The Balaban J connectivity index is 1.78. The molecule has 0 aliphatic carbocycles. The van der Waals surface area contributed by atoms with Crippen molar-refractivity contribution in [1.29, 1.82) is 0 Å². The number of nitrogens with zero attached hydrogens (tertiary/aromatic N) is 2. The first-order valence-corrected chi connectivity index (χ1v) is 16.5. The van der Waals surface area contributed by atoms with E-state index in [0.717, 1.165) is 14.3 Å². The molecule has 0 fully saturated rings. The Morgan fingerprint density at radius 1 is 0.818 bits per heavy atom. The van der Waals surface area contributed by atoms with E-state index in [1.165, 1.54) is 29.2 Å². The molecule has 0 bridgehead atoms. The van der Waals surface area contributed by atoms with Gasteiger partial charge in [0.1, 0.15) is 18.4 Å². The first kappa shape index (κ1) is 32.9. The standard InChI is InChI=1S/C34H35BrFN3O4S/c1-25(2)22-37-34(41)32(21-26-9-5-3-6-10-26)38(23-27-13-17-29(36)18-14-27)33(40)24-39(30-19-15-28(35)16-20-30)44(42,43)31-11-7-4-8-12-31/h3-20,25,32H,21-24H2,1-2H3,(H,37,41). The van der Waals surface area contributed by atoms with Gasteiger partial charge in [-0.2, -0.15) is 0 Å². The highest BCUT2D eigenvalue weighted by atomic mass is 79.9. The zero-order valence-electron chi connectivity index (χ0n) is 24.6. The van der Waals surface area contributed by atoms with Crippen LogP contribution in [0.1, 0.15) is 25.0 Å². The Bertz CT molecular complexity index is 1640. The lowest BCUT2D eigenvalue weighted by molar-refractivity contribution is -0.140. The first-order chi connectivity index (χ1) is 21.0. The molecule has 230 valence electrons. The summed E-state index contributed by atoms with van der Waals surface area (Å²) in [5.41, 5.74) is 1.71. The summed E-state index contributed by atoms with van der Waals surface area (Å²) in [5.74, 6) is -1.21. The van der Waals surface area contributed by atoms with E-state index in [4.69, 9.17) is 0 Å². The fraction of sp³-hybridized carbons (Fsp3) is 0.235. The number of halogens is 2. The summed E-state index contributed by atoms with van der Waals surface area (Å²) in [5, 5.41) is 2.95.